The molecule has 19 heavy (non-hydrogen) atoms. The summed E-state index contributed by atoms with van der Waals surface area (Å²) in [7, 11) is 0. The van der Waals surface area contributed by atoms with Gasteiger partial charge in [0, 0.05) is 5.75 Å². The quantitative estimate of drug-likeness (QED) is 0.525. The van der Waals surface area contributed by atoms with E-state index in [0.717, 1.165) is 11.3 Å². The van der Waals surface area contributed by atoms with Crippen LogP contribution in [0.5, 0.6) is 0 Å². The highest BCUT2D eigenvalue weighted by Gasteiger charge is 1.96. The van der Waals surface area contributed by atoms with Crippen LogP contribution < -0.4 is 5.43 Å². The lowest BCUT2D eigenvalue weighted by atomic mass is 10.2. The fourth-order valence-corrected chi connectivity index (χ4v) is 2.29. The minimum atomic E-state index is 0.677. The topological polar surface area (TPSA) is 24.4 Å². The maximum absolute atomic E-state index is 5.21. The summed E-state index contributed by atoms with van der Waals surface area (Å²) in [5.41, 5.74) is 5.17. The van der Waals surface area contributed by atoms with Gasteiger partial charge < -0.3 is 0 Å². The zero-order valence-electron chi connectivity index (χ0n) is 10.3. The molecule has 2 nitrogen and oxygen atoms in total. The van der Waals surface area contributed by atoms with E-state index in [4.69, 9.17) is 12.2 Å². The number of benzene rings is 2. The number of hydrogen-bond acceptors (Lipinski definition) is 3. The Labute approximate surface area is 122 Å². The Hall–Kier alpha value is -1.65. The maximum Gasteiger partial charge on any atom is 0.154 e. The molecule has 0 atom stereocenters. The van der Waals surface area contributed by atoms with Gasteiger partial charge in [-0.2, -0.15) is 5.10 Å². The fraction of sp³-hybridized carbons (Fsp3) is 0.0667. The highest BCUT2D eigenvalue weighted by atomic mass is 32.2. The maximum atomic E-state index is 5.21. The van der Waals surface area contributed by atoms with Gasteiger partial charge in [-0.05, 0) is 11.1 Å². The lowest BCUT2D eigenvalue weighted by molar-refractivity contribution is 1.07. The van der Waals surface area contributed by atoms with Crippen molar-refractivity contribution in [1.29, 1.82) is 0 Å². The molecule has 96 valence electrons. The molecule has 0 radical (unpaired) electrons. The molecule has 0 saturated heterocycles. The van der Waals surface area contributed by atoms with E-state index in [1.54, 1.807) is 18.0 Å². The van der Waals surface area contributed by atoms with Crippen LogP contribution in [0.1, 0.15) is 11.1 Å². The number of nitrogens with one attached hydrogen (secondary N) is 1. The molecule has 0 aliphatic heterocycles. The second kappa shape index (κ2) is 7.71. The molecule has 0 spiro atoms. The van der Waals surface area contributed by atoms with Gasteiger partial charge in [0.25, 0.3) is 0 Å². The monoisotopic (exact) mass is 286 g/mol. The Bertz CT molecular complexity index is 539. The van der Waals surface area contributed by atoms with Crippen molar-refractivity contribution in [3.8, 4) is 0 Å². The summed E-state index contributed by atoms with van der Waals surface area (Å²) in [5, 5.41) is 4.12. The lowest BCUT2D eigenvalue weighted by Crippen LogP contribution is -2.11. The van der Waals surface area contributed by atoms with E-state index in [1.807, 2.05) is 48.5 Å². The second-order valence-corrected chi connectivity index (χ2v) is 5.49. The fourth-order valence-electron chi connectivity index (χ4n) is 1.45. The summed E-state index contributed by atoms with van der Waals surface area (Å²) in [5.74, 6) is 0.855. The molecule has 0 amide bonds. The van der Waals surface area contributed by atoms with E-state index in [2.05, 4.69) is 22.7 Å². The van der Waals surface area contributed by atoms with Crippen LogP contribution in [-0.4, -0.2) is 10.5 Å². The van der Waals surface area contributed by atoms with E-state index >= 15 is 0 Å². The summed E-state index contributed by atoms with van der Waals surface area (Å²) in [6.45, 7) is 0. The molecule has 4 heteroatoms. The summed E-state index contributed by atoms with van der Waals surface area (Å²) in [4.78, 5) is 0. The molecule has 2 aromatic rings. The standard InChI is InChI=1S/C15H14N2S2/c18-15(19-12-14-9-5-2-6-10-14)17-16-11-13-7-3-1-4-8-13/h1-11H,12H2,(H,17,18)/b16-11+. The minimum absolute atomic E-state index is 0.677. The average molecular weight is 286 g/mol. The molecule has 0 saturated carbocycles. The highest BCUT2D eigenvalue weighted by Crippen LogP contribution is 2.12. The van der Waals surface area contributed by atoms with Crippen LogP contribution in [0, 0.1) is 0 Å². The Kier molecular flexibility index (Phi) is 5.59. The third-order valence-corrected chi connectivity index (χ3v) is 3.66. The third kappa shape index (κ3) is 5.24. The first-order chi connectivity index (χ1) is 9.34. The zero-order chi connectivity index (χ0) is 13.3. The van der Waals surface area contributed by atoms with Crippen molar-refractivity contribution in [3.63, 3.8) is 0 Å². The second-order valence-electron chi connectivity index (χ2n) is 3.84. The lowest BCUT2D eigenvalue weighted by Gasteiger charge is -2.02. The minimum Gasteiger partial charge on any atom is -0.262 e. The van der Waals surface area contributed by atoms with Gasteiger partial charge in [-0.3, -0.25) is 5.43 Å². The van der Waals surface area contributed by atoms with Crippen LogP contribution in [0.25, 0.3) is 0 Å². The van der Waals surface area contributed by atoms with Gasteiger partial charge in [0.05, 0.1) is 6.21 Å². The van der Waals surface area contributed by atoms with Gasteiger partial charge in [-0.25, -0.2) is 0 Å². The van der Waals surface area contributed by atoms with Crippen LogP contribution in [0.15, 0.2) is 65.8 Å². The normalized spacial score (nSPS) is 10.5. The molecule has 0 heterocycles. The van der Waals surface area contributed by atoms with Crippen molar-refractivity contribution >= 4 is 34.5 Å². The predicted molar refractivity (Wildman–Crippen MR) is 87.5 cm³/mol. The Morgan fingerprint density at radius 2 is 1.68 bits per heavy atom. The summed E-state index contributed by atoms with van der Waals surface area (Å²) in [6, 6.07) is 20.1. The van der Waals surface area contributed by atoms with E-state index in [0.29, 0.717) is 4.32 Å². The summed E-state index contributed by atoms with van der Waals surface area (Å²) < 4.78 is 0.677. The van der Waals surface area contributed by atoms with Gasteiger partial charge in [-0.1, -0.05) is 84.6 Å². The molecule has 0 aromatic heterocycles. The molecule has 0 fully saturated rings. The van der Waals surface area contributed by atoms with Gasteiger partial charge in [0.15, 0.2) is 4.32 Å². The number of nitrogens with zero attached hydrogens (tertiary/aromatic N) is 1. The molecule has 2 aromatic carbocycles. The smallest absolute Gasteiger partial charge is 0.154 e. The van der Waals surface area contributed by atoms with Gasteiger partial charge in [0.2, 0.25) is 0 Å². The van der Waals surface area contributed by atoms with Crippen LogP contribution in [-0.2, 0) is 5.75 Å². The molecule has 0 aliphatic carbocycles. The first-order valence-corrected chi connectivity index (χ1v) is 7.29. The largest absolute Gasteiger partial charge is 0.262 e. The SMILES string of the molecule is S=C(N/N=C/c1ccccc1)SCc1ccccc1. The number of hydrogen-bond donors (Lipinski definition) is 1. The number of thiocarbonyl (C=S) groups is 1. The van der Waals surface area contributed by atoms with Crippen molar-refractivity contribution in [3.05, 3.63) is 71.8 Å². The predicted octanol–water partition coefficient (Wildman–Crippen LogP) is 3.83. The highest BCUT2D eigenvalue weighted by molar-refractivity contribution is 8.22. The van der Waals surface area contributed by atoms with Crippen LogP contribution in [0.2, 0.25) is 0 Å². The zero-order valence-corrected chi connectivity index (χ0v) is 12.0. The van der Waals surface area contributed by atoms with Gasteiger partial charge in [0.1, 0.15) is 0 Å². The molecule has 2 rings (SSSR count). The Balaban J connectivity index is 1.75. The summed E-state index contributed by atoms with van der Waals surface area (Å²) in [6.07, 6.45) is 1.76. The van der Waals surface area contributed by atoms with Crippen molar-refractivity contribution in [2.24, 2.45) is 5.10 Å². The summed E-state index contributed by atoms with van der Waals surface area (Å²) >= 11 is 6.78. The number of rotatable bonds is 4. The first-order valence-electron chi connectivity index (χ1n) is 5.89. The van der Waals surface area contributed by atoms with E-state index in [9.17, 15) is 0 Å². The van der Waals surface area contributed by atoms with Crippen LogP contribution in [0.4, 0.5) is 0 Å². The van der Waals surface area contributed by atoms with Crippen molar-refractivity contribution < 1.29 is 0 Å². The third-order valence-electron chi connectivity index (χ3n) is 2.38. The Morgan fingerprint density at radius 3 is 2.37 bits per heavy atom. The molecular formula is C15H14N2S2. The molecule has 0 unspecified atom stereocenters. The van der Waals surface area contributed by atoms with Gasteiger partial charge >= 0.3 is 0 Å². The molecule has 0 bridgehead atoms. The molecule has 1 N–H and O–H groups in total. The molecular weight excluding hydrogens is 272 g/mol. The van der Waals surface area contributed by atoms with E-state index < -0.39 is 0 Å². The van der Waals surface area contributed by atoms with Crippen LogP contribution in [0.3, 0.4) is 0 Å². The van der Waals surface area contributed by atoms with Gasteiger partial charge in [-0.15, -0.1) is 0 Å². The first kappa shape index (κ1) is 13.8. The van der Waals surface area contributed by atoms with Crippen molar-refractivity contribution in [1.82, 2.24) is 5.43 Å². The average Bonchev–Trinajstić information content (AvgIpc) is 2.47. The van der Waals surface area contributed by atoms with Crippen molar-refractivity contribution in [2.75, 3.05) is 0 Å². The number of thioether (sulfide) groups is 1. The molecule has 0 aliphatic rings. The van der Waals surface area contributed by atoms with Crippen molar-refractivity contribution in [2.45, 2.75) is 5.75 Å². The Morgan fingerprint density at radius 1 is 1.05 bits per heavy atom. The van der Waals surface area contributed by atoms with E-state index in [1.165, 1.54) is 5.56 Å². The van der Waals surface area contributed by atoms with E-state index in [-0.39, 0.29) is 0 Å². The van der Waals surface area contributed by atoms with Crippen LogP contribution >= 0.6 is 24.0 Å². The number of hydrazone groups is 1.